The predicted octanol–water partition coefficient (Wildman–Crippen LogP) is 2.79. The molecule has 0 aliphatic carbocycles. The van der Waals surface area contributed by atoms with E-state index in [1.807, 2.05) is 31.2 Å². The lowest BCUT2D eigenvalue weighted by molar-refractivity contribution is 0.696. The topological polar surface area (TPSA) is 51.8 Å². The molecule has 2 aromatic heterocycles. The molecule has 1 unspecified atom stereocenters. The molecular weight excluding hydrogens is 278 g/mol. The van der Waals surface area contributed by atoms with E-state index < -0.39 is 0 Å². The summed E-state index contributed by atoms with van der Waals surface area (Å²) in [7, 11) is 0. The number of hydrogen-bond donors (Lipinski definition) is 1. The lowest BCUT2D eigenvalue weighted by Gasteiger charge is -2.13. The summed E-state index contributed by atoms with van der Waals surface area (Å²) < 4.78 is 0.979. The van der Waals surface area contributed by atoms with Gasteiger partial charge in [0, 0.05) is 40.7 Å². The minimum absolute atomic E-state index is 0.0580. The van der Waals surface area contributed by atoms with Crippen molar-refractivity contribution in [3.63, 3.8) is 0 Å². The Kier molecular flexibility index (Phi) is 3.86. The van der Waals surface area contributed by atoms with Gasteiger partial charge >= 0.3 is 0 Å². The molecule has 0 saturated carbocycles. The quantitative estimate of drug-likeness (QED) is 0.946. The fourth-order valence-electron chi connectivity index (χ4n) is 1.75. The third-order valence-corrected chi connectivity index (χ3v) is 3.13. The molecule has 2 aromatic rings. The minimum Gasteiger partial charge on any atom is -0.324 e. The van der Waals surface area contributed by atoms with E-state index in [4.69, 9.17) is 5.73 Å². The molecule has 0 bridgehead atoms. The van der Waals surface area contributed by atoms with Crippen LogP contribution in [-0.4, -0.2) is 9.97 Å². The van der Waals surface area contributed by atoms with Crippen molar-refractivity contribution in [1.29, 1.82) is 0 Å². The van der Waals surface area contributed by atoms with Crippen LogP contribution >= 0.6 is 15.9 Å². The van der Waals surface area contributed by atoms with Crippen LogP contribution in [-0.2, 0) is 6.42 Å². The highest BCUT2D eigenvalue weighted by atomic mass is 79.9. The second kappa shape index (κ2) is 5.38. The molecule has 0 aliphatic heterocycles. The molecule has 2 N–H and O–H groups in total. The molecule has 2 heterocycles. The third kappa shape index (κ3) is 3.11. The zero-order chi connectivity index (χ0) is 12.3. The fraction of sp³-hybridized carbons (Fsp3) is 0.231. The molecule has 0 amide bonds. The van der Waals surface area contributed by atoms with Gasteiger partial charge in [0.25, 0.3) is 0 Å². The first-order valence-electron chi connectivity index (χ1n) is 5.44. The number of nitrogens with zero attached hydrogens (tertiary/aromatic N) is 2. The molecule has 88 valence electrons. The highest BCUT2D eigenvalue weighted by Gasteiger charge is 2.10. The van der Waals surface area contributed by atoms with Crippen LogP contribution in [0.3, 0.4) is 0 Å². The van der Waals surface area contributed by atoms with E-state index in [9.17, 15) is 0 Å². The van der Waals surface area contributed by atoms with Crippen LogP contribution in [0.15, 0.2) is 41.1 Å². The van der Waals surface area contributed by atoms with Gasteiger partial charge < -0.3 is 5.73 Å². The second-order valence-electron chi connectivity index (χ2n) is 3.96. The molecule has 1 atom stereocenters. The Hall–Kier alpha value is -1.26. The maximum Gasteiger partial charge on any atom is 0.0423 e. The number of hydrogen-bond acceptors (Lipinski definition) is 3. The van der Waals surface area contributed by atoms with Gasteiger partial charge in [-0.05, 0) is 46.6 Å². The standard InChI is InChI=1S/C13H14BrN3/c1-9-12(3-2-6-16-9)13(15)7-11-5-4-10(14)8-17-11/h2-6,8,13H,7,15H2,1H3. The molecule has 0 radical (unpaired) electrons. The normalized spacial score (nSPS) is 12.4. The lowest BCUT2D eigenvalue weighted by atomic mass is 10.0. The Balaban J connectivity index is 2.14. The van der Waals surface area contributed by atoms with E-state index in [1.54, 1.807) is 12.4 Å². The van der Waals surface area contributed by atoms with Gasteiger partial charge in [0.1, 0.15) is 0 Å². The molecule has 0 spiro atoms. The summed E-state index contributed by atoms with van der Waals surface area (Å²) in [6.07, 6.45) is 4.29. The summed E-state index contributed by atoms with van der Waals surface area (Å²) in [4.78, 5) is 8.57. The van der Waals surface area contributed by atoms with Crippen molar-refractivity contribution >= 4 is 15.9 Å². The third-order valence-electron chi connectivity index (χ3n) is 2.66. The Morgan fingerprint density at radius 1 is 1.29 bits per heavy atom. The van der Waals surface area contributed by atoms with Crippen molar-refractivity contribution in [2.75, 3.05) is 0 Å². The molecule has 0 saturated heterocycles. The SMILES string of the molecule is Cc1ncccc1C(N)Cc1ccc(Br)cn1. The number of aromatic nitrogens is 2. The predicted molar refractivity (Wildman–Crippen MR) is 71.5 cm³/mol. The van der Waals surface area contributed by atoms with Gasteiger partial charge in [0.05, 0.1) is 0 Å². The van der Waals surface area contributed by atoms with Crippen LogP contribution in [0, 0.1) is 6.92 Å². The van der Waals surface area contributed by atoms with E-state index in [-0.39, 0.29) is 6.04 Å². The average molecular weight is 292 g/mol. The number of rotatable bonds is 3. The first-order chi connectivity index (χ1) is 8.16. The number of aryl methyl sites for hydroxylation is 1. The summed E-state index contributed by atoms with van der Waals surface area (Å²) in [5.41, 5.74) is 9.23. The molecule has 2 rings (SSSR count). The zero-order valence-corrected chi connectivity index (χ0v) is 11.2. The molecule has 0 fully saturated rings. The average Bonchev–Trinajstić information content (AvgIpc) is 2.32. The van der Waals surface area contributed by atoms with E-state index in [0.29, 0.717) is 0 Å². The Bertz CT molecular complexity index is 496. The van der Waals surface area contributed by atoms with Crippen LogP contribution < -0.4 is 5.73 Å². The van der Waals surface area contributed by atoms with Gasteiger partial charge in [-0.3, -0.25) is 9.97 Å². The Morgan fingerprint density at radius 2 is 2.12 bits per heavy atom. The lowest BCUT2D eigenvalue weighted by Crippen LogP contribution is -2.15. The van der Waals surface area contributed by atoms with Crippen molar-refractivity contribution in [1.82, 2.24) is 9.97 Å². The molecule has 0 aliphatic rings. The maximum atomic E-state index is 6.17. The van der Waals surface area contributed by atoms with Crippen LogP contribution in [0.4, 0.5) is 0 Å². The Labute approximate surface area is 109 Å². The fourth-order valence-corrected chi connectivity index (χ4v) is 1.99. The largest absolute Gasteiger partial charge is 0.324 e. The first-order valence-corrected chi connectivity index (χ1v) is 6.23. The highest BCUT2D eigenvalue weighted by molar-refractivity contribution is 9.10. The second-order valence-corrected chi connectivity index (χ2v) is 4.87. The molecule has 0 aromatic carbocycles. The van der Waals surface area contributed by atoms with Crippen LogP contribution in [0.1, 0.15) is 23.0 Å². The maximum absolute atomic E-state index is 6.17. The van der Waals surface area contributed by atoms with Gasteiger partial charge in [-0.25, -0.2) is 0 Å². The summed E-state index contributed by atoms with van der Waals surface area (Å²) in [5.74, 6) is 0. The highest BCUT2D eigenvalue weighted by Crippen LogP contribution is 2.17. The number of nitrogens with two attached hydrogens (primary N) is 1. The van der Waals surface area contributed by atoms with Crippen molar-refractivity contribution in [2.24, 2.45) is 5.73 Å². The van der Waals surface area contributed by atoms with E-state index >= 15 is 0 Å². The zero-order valence-electron chi connectivity index (χ0n) is 9.60. The summed E-state index contributed by atoms with van der Waals surface area (Å²) in [6.45, 7) is 1.98. The van der Waals surface area contributed by atoms with Crippen LogP contribution in [0.25, 0.3) is 0 Å². The number of pyridine rings is 2. The Morgan fingerprint density at radius 3 is 2.76 bits per heavy atom. The van der Waals surface area contributed by atoms with Crippen molar-refractivity contribution in [3.8, 4) is 0 Å². The van der Waals surface area contributed by atoms with E-state index in [0.717, 1.165) is 27.8 Å². The summed E-state index contributed by atoms with van der Waals surface area (Å²) >= 11 is 3.36. The molecule has 4 heteroatoms. The first kappa shape index (κ1) is 12.2. The summed E-state index contributed by atoms with van der Waals surface area (Å²) in [6, 6.07) is 7.83. The van der Waals surface area contributed by atoms with E-state index in [1.165, 1.54) is 0 Å². The molecule has 17 heavy (non-hydrogen) atoms. The van der Waals surface area contributed by atoms with Gasteiger partial charge in [-0.15, -0.1) is 0 Å². The smallest absolute Gasteiger partial charge is 0.0423 e. The van der Waals surface area contributed by atoms with Crippen molar-refractivity contribution in [2.45, 2.75) is 19.4 Å². The number of halogens is 1. The molecular formula is C13H14BrN3. The van der Waals surface area contributed by atoms with Gasteiger partial charge in [-0.2, -0.15) is 0 Å². The van der Waals surface area contributed by atoms with Crippen molar-refractivity contribution in [3.05, 3.63) is 58.1 Å². The monoisotopic (exact) mass is 291 g/mol. The van der Waals surface area contributed by atoms with Gasteiger partial charge in [-0.1, -0.05) is 6.07 Å². The van der Waals surface area contributed by atoms with Crippen molar-refractivity contribution < 1.29 is 0 Å². The minimum atomic E-state index is -0.0580. The van der Waals surface area contributed by atoms with Crippen LogP contribution in [0.5, 0.6) is 0 Å². The van der Waals surface area contributed by atoms with Crippen LogP contribution in [0.2, 0.25) is 0 Å². The summed E-state index contributed by atoms with van der Waals surface area (Å²) in [5, 5.41) is 0. The van der Waals surface area contributed by atoms with E-state index in [2.05, 4.69) is 25.9 Å². The van der Waals surface area contributed by atoms with Gasteiger partial charge in [0.15, 0.2) is 0 Å². The molecule has 3 nitrogen and oxygen atoms in total. The van der Waals surface area contributed by atoms with Gasteiger partial charge in [0.2, 0.25) is 0 Å².